The quantitative estimate of drug-likeness (QED) is 0.477. The molecule has 0 saturated carbocycles. The molecule has 0 aliphatic rings. The molecule has 0 N–H and O–H groups in total. The zero-order valence-electron chi connectivity index (χ0n) is 18.0. The highest BCUT2D eigenvalue weighted by Gasteiger charge is 2.18. The molecule has 0 bridgehead atoms. The summed E-state index contributed by atoms with van der Waals surface area (Å²) in [5.74, 6) is 1.96. The van der Waals surface area contributed by atoms with E-state index in [4.69, 9.17) is 9.15 Å². The molecule has 0 atom stereocenters. The number of ether oxygens (including phenoxy) is 1. The van der Waals surface area contributed by atoms with Crippen LogP contribution in [0.2, 0.25) is 0 Å². The predicted molar refractivity (Wildman–Crippen MR) is 118 cm³/mol. The average molecular weight is 407 g/mol. The van der Waals surface area contributed by atoms with Gasteiger partial charge in [-0.05, 0) is 49.2 Å². The molecule has 30 heavy (non-hydrogen) atoms. The van der Waals surface area contributed by atoms with E-state index >= 15 is 0 Å². The first kappa shape index (κ1) is 21.7. The fourth-order valence-electron chi connectivity index (χ4n) is 3.50. The number of amides is 1. The lowest BCUT2D eigenvalue weighted by Gasteiger charge is -2.22. The first-order valence-electron chi connectivity index (χ1n) is 10.4. The second-order valence-electron chi connectivity index (χ2n) is 7.23. The van der Waals surface area contributed by atoms with E-state index in [1.54, 1.807) is 18.1 Å². The number of carbonyl (C=O) groups excluding carboxylic acids is 1. The summed E-state index contributed by atoms with van der Waals surface area (Å²) in [5.41, 5.74) is 2.39. The van der Waals surface area contributed by atoms with Crippen molar-refractivity contribution < 1.29 is 13.9 Å². The lowest BCUT2D eigenvalue weighted by molar-refractivity contribution is 0.0736. The second-order valence-corrected chi connectivity index (χ2v) is 7.23. The molecule has 0 aliphatic heterocycles. The first-order valence-corrected chi connectivity index (χ1v) is 10.4. The molecule has 2 aromatic carbocycles. The Hall–Kier alpha value is -3.05. The van der Waals surface area contributed by atoms with Crippen molar-refractivity contribution in [3.05, 3.63) is 89.4 Å². The maximum Gasteiger partial charge on any atom is 0.289 e. The van der Waals surface area contributed by atoms with Gasteiger partial charge in [0.1, 0.15) is 11.5 Å². The first-order chi connectivity index (χ1) is 14.6. The molecule has 5 heteroatoms. The molecular formula is C25H30N2O3. The van der Waals surface area contributed by atoms with E-state index in [1.165, 1.54) is 5.56 Å². The van der Waals surface area contributed by atoms with Gasteiger partial charge in [-0.25, -0.2) is 0 Å². The van der Waals surface area contributed by atoms with E-state index in [1.807, 2.05) is 50.2 Å². The van der Waals surface area contributed by atoms with Crippen LogP contribution in [0.15, 0.2) is 71.1 Å². The number of hydrogen-bond acceptors (Lipinski definition) is 4. The Balaban J connectivity index is 1.77. The standard InChI is InChI=1S/C25H30N2O3/c1-4-27(5-2)25(28)24-15-14-23(30-24)19-26(17-20-10-7-6-8-11-20)18-21-12-9-13-22(16-21)29-3/h6-16H,4-5,17-19H2,1-3H3. The van der Waals surface area contributed by atoms with Crippen molar-refractivity contribution in [3.8, 4) is 5.75 Å². The Morgan fingerprint density at radius 3 is 2.27 bits per heavy atom. The van der Waals surface area contributed by atoms with Gasteiger partial charge in [0.15, 0.2) is 5.76 Å². The molecule has 0 spiro atoms. The Morgan fingerprint density at radius 1 is 0.867 bits per heavy atom. The zero-order chi connectivity index (χ0) is 21.3. The van der Waals surface area contributed by atoms with Crippen LogP contribution in [-0.4, -0.2) is 35.9 Å². The summed E-state index contributed by atoms with van der Waals surface area (Å²) in [6.07, 6.45) is 0. The molecule has 1 aromatic heterocycles. The van der Waals surface area contributed by atoms with Gasteiger partial charge in [-0.3, -0.25) is 9.69 Å². The van der Waals surface area contributed by atoms with Gasteiger partial charge in [-0.1, -0.05) is 42.5 Å². The van der Waals surface area contributed by atoms with Crippen molar-refractivity contribution in [1.82, 2.24) is 9.80 Å². The van der Waals surface area contributed by atoms with Gasteiger partial charge < -0.3 is 14.1 Å². The number of nitrogens with zero attached hydrogens (tertiary/aromatic N) is 2. The van der Waals surface area contributed by atoms with Crippen molar-refractivity contribution in [2.24, 2.45) is 0 Å². The summed E-state index contributed by atoms with van der Waals surface area (Å²) in [7, 11) is 1.68. The zero-order valence-corrected chi connectivity index (χ0v) is 18.0. The fraction of sp³-hybridized carbons (Fsp3) is 0.320. The number of furan rings is 1. The summed E-state index contributed by atoms with van der Waals surface area (Å²) in [4.78, 5) is 16.6. The van der Waals surface area contributed by atoms with E-state index in [9.17, 15) is 4.79 Å². The lowest BCUT2D eigenvalue weighted by atomic mass is 10.1. The average Bonchev–Trinajstić information content (AvgIpc) is 3.24. The number of carbonyl (C=O) groups is 1. The second kappa shape index (κ2) is 10.6. The van der Waals surface area contributed by atoms with E-state index < -0.39 is 0 Å². The van der Waals surface area contributed by atoms with Crippen LogP contribution in [0.5, 0.6) is 5.75 Å². The van der Waals surface area contributed by atoms with Crippen LogP contribution >= 0.6 is 0 Å². The monoisotopic (exact) mass is 406 g/mol. The normalized spacial score (nSPS) is 10.9. The van der Waals surface area contributed by atoms with Crippen LogP contribution in [0.1, 0.15) is 41.3 Å². The SMILES string of the molecule is CCN(CC)C(=O)c1ccc(CN(Cc2ccccc2)Cc2cccc(OC)c2)o1. The maximum absolute atomic E-state index is 12.6. The van der Waals surface area contributed by atoms with E-state index in [2.05, 4.69) is 29.2 Å². The maximum atomic E-state index is 12.6. The third kappa shape index (κ3) is 5.74. The van der Waals surface area contributed by atoms with Crippen molar-refractivity contribution >= 4 is 5.91 Å². The van der Waals surface area contributed by atoms with E-state index in [0.29, 0.717) is 25.4 Å². The minimum atomic E-state index is -0.0614. The Bertz CT molecular complexity index is 932. The molecule has 0 radical (unpaired) electrons. The van der Waals surface area contributed by atoms with Crippen LogP contribution in [0.4, 0.5) is 0 Å². The number of methoxy groups -OCH3 is 1. The minimum Gasteiger partial charge on any atom is -0.497 e. The lowest BCUT2D eigenvalue weighted by Crippen LogP contribution is -2.30. The number of hydrogen-bond donors (Lipinski definition) is 0. The third-order valence-corrected chi connectivity index (χ3v) is 5.09. The molecule has 5 nitrogen and oxygen atoms in total. The van der Waals surface area contributed by atoms with Gasteiger partial charge in [0.2, 0.25) is 0 Å². The van der Waals surface area contributed by atoms with Crippen molar-refractivity contribution in [3.63, 3.8) is 0 Å². The van der Waals surface area contributed by atoms with Crippen molar-refractivity contribution in [2.75, 3.05) is 20.2 Å². The summed E-state index contributed by atoms with van der Waals surface area (Å²) in [6.45, 7) is 7.41. The molecule has 1 amide bonds. The summed E-state index contributed by atoms with van der Waals surface area (Å²) in [5, 5.41) is 0. The largest absolute Gasteiger partial charge is 0.497 e. The molecule has 0 saturated heterocycles. The number of rotatable bonds is 10. The van der Waals surface area contributed by atoms with Crippen LogP contribution in [0.3, 0.4) is 0 Å². The van der Waals surface area contributed by atoms with Gasteiger partial charge in [0.05, 0.1) is 13.7 Å². The van der Waals surface area contributed by atoms with Crippen molar-refractivity contribution in [2.45, 2.75) is 33.5 Å². The highest BCUT2D eigenvalue weighted by molar-refractivity contribution is 5.91. The van der Waals surface area contributed by atoms with Gasteiger partial charge >= 0.3 is 0 Å². The highest BCUT2D eigenvalue weighted by Crippen LogP contribution is 2.19. The predicted octanol–water partition coefficient (Wildman–Crippen LogP) is 4.97. The number of benzene rings is 2. The van der Waals surface area contributed by atoms with Gasteiger partial charge in [-0.15, -0.1) is 0 Å². The smallest absolute Gasteiger partial charge is 0.289 e. The van der Waals surface area contributed by atoms with Crippen LogP contribution in [0.25, 0.3) is 0 Å². The van der Waals surface area contributed by atoms with Gasteiger partial charge in [0, 0.05) is 26.2 Å². The van der Waals surface area contributed by atoms with Gasteiger partial charge in [0.25, 0.3) is 5.91 Å². The third-order valence-electron chi connectivity index (χ3n) is 5.09. The molecule has 3 rings (SSSR count). The van der Waals surface area contributed by atoms with Crippen LogP contribution in [0, 0.1) is 0 Å². The summed E-state index contributed by atoms with van der Waals surface area (Å²) < 4.78 is 11.3. The van der Waals surface area contributed by atoms with Crippen LogP contribution in [-0.2, 0) is 19.6 Å². The topological polar surface area (TPSA) is 45.9 Å². The van der Waals surface area contributed by atoms with Crippen molar-refractivity contribution in [1.29, 1.82) is 0 Å². The van der Waals surface area contributed by atoms with Crippen LogP contribution < -0.4 is 4.74 Å². The molecule has 0 fully saturated rings. The summed E-state index contributed by atoms with van der Waals surface area (Å²) >= 11 is 0. The molecular weight excluding hydrogens is 376 g/mol. The molecule has 3 aromatic rings. The minimum absolute atomic E-state index is 0.0614. The van der Waals surface area contributed by atoms with Gasteiger partial charge in [-0.2, -0.15) is 0 Å². The Labute approximate surface area is 178 Å². The summed E-state index contributed by atoms with van der Waals surface area (Å²) in [6, 6.07) is 22.1. The Morgan fingerprint density at radius 2 is 1.57 bits per heavy atom. The molecule has 158 valence electrons. The highest BCUT2D eigenvalue weighted by atomic mass is 16.5. The Kier molecular flexibility index (Phi) is 7.69. The van der Waals surface area contributed by atoms with E-state index in [-0.39, 0.29) is 5.91 Å². The molecule has 0 unspecified atom stereocenters. The fourth-order valence-corrected chi connectivity index (χ4v) is 3.50. The van der Waals surface area contributed by atoms with E-state index in [0.717, 1.165) is 30.2 Å². The molecule has 1 heterocycles. The molecule has 0 aliphatic carbocycles.